The lowest BCUT2D eigenvalue weighted by Gasteiger charge is -2.10. The summed E-state index contributed by atoms with van der Waals surface area (Å²) < 4.78 is 10.7. The lowest BCUT2D eigenvalue weighted by Crippen LogP contribution is -2.24. The molecule has 4 nitrogen and oxygen atoms in total. The van der Waals surface area contributed by atoms with Crippen LogP contribution in [-0.4, -0.2) is 17.0 Å². The number of aryl methyl sites for hydroxylation is 1. The first kappa shape index (κ1) is 13.8. The average Bonchev–Trinajstić information content (AvgIpc) is 2.28. The van der Waals surface area contributed by atoms with E-state index in [2.05, 4.69) is 5.32 Å². The van der Waals surface area contributed by atoms with E-state index in [-0.39, 0.29) is 12.1 Å². The fourth-order valence-corrected chi connectivity index (χ4v) is 2.27. The molecule has 0 aliphatic heterocycles. The Morgan fingerprint density at radius 2 is 2.00 bits per heavy atom. The molecule has 2 N–H and O–H groups in total. The molecule has 1 rings (SSSR count). The van der Waals surface area contributed by atoms with Crippen LogP contribution >= 0.6 is 8.03 Å². The molecular formula is C12H17NO3P+. The average molecular weight is 254 g/mol. The zero-order valence-corrected chi connectivity index (χ0v) is 10.9. The molecule has 0 bridgehead atoms. The van der Waals surface area contributed by atoms with Crippen molar-refractivity contribution >= 4 is 19.6 Å². The third-order valence-electron chi connectivity index (χ3n) is 2.56. The Hall–Kier alpha value is -1.25. The van der Waals surface area contributed by atoms with E-state index in [1.807, 2.05) is 38.1 Å². The zero-order valence-electron chi connectivity index (χ0n) is 10.0. The molecule has 0 aliphatic carbocycles. The van der Waals surface area contributed by atoms with E-state index in [1.165, 1.54) is 0 Å². The van der Waals surface area contributed by atoms with Gasteiger partial charge in [0, 0.05) is 5.69 Å². The third kappa shape index (κ3) is 4.63. The molecule has 0 saturated carbocycles. The maximum atomic E-state index is 11.8. The molecule has 0 fully saturated rings. The van der Waals surface area contributed by atoms with Crippen molar-refractivity contribution in [2.45, 2.75) is 20.3 Å². The molecule has 1 aromatic rings. The van der Waals surface area contributed by atoms with Crippen LogP contribution in [0.2, 0.25) is 0 Å². The molecule has 1 aromatic carbocycles. The Labute approximate surface area is 102 Å². The van der Waals surface area contributed by atoms with Crippen LogP contribution in [0.5, 0.6) is 0 Å². The lowest BCUT2D eigenvalue weighted by molar-refractivity contribution is -0.119. The summed E-state index contributed by atoms with van der Waals surface area (Å²) in [5.41, 5.74) is 1.83. The van der Waals surface area contributed by atoms with Crippen molar-refractivity contribution in [3.8, 4) is 0 Å². The molecule has 0 saturated heterocycles. The van der Waals surface area contributed by atoms with Gasteiger partial charge in [0.2, 0.25) is 5.91 Å². The summed E-state index contributed by atoms with van der Waals surface area (Å²) >= 11 is 0. The molecule has 2 unspecified atom stereocenters. The highest BCUT2D eigenvalue weighted by molar-refractivity contribution is 7.38. The van der Waals surface area contributed by atoms with E-state index in [4.69, 9.17) is 4.89 Å². The molecule has 0 spiro atoms. The minimum atomic E-state index is -2.27. The highest BCUT2D eigenvalue weighted by atomic mass is 31.1. The van der Waals surface area contributed by atoms with Crippen LogP contribution in [0.3, 0.4) is 0 Å². The monoisotopic (exact) mass is 254 g/mol. The third-order valence-corrected chi connectivity index (χ3v) is 3.31. The van der Waals surface area contributed by atoms with Crippen molar-refractivity contribution in [1.29, 1.82) is 0 Å². The molecule has 0 heterocycles. The number of hydrogen-bond donors (Lipinski definition) is 2. The van der Waals surface area contributed by atoms with Gasteiger partial charge >= 0.3 is 8.03 Å². The minimum absolute atomic E-state index is 0.0174. The quantitative estimate of drug-likeness (QED) is 0.794. The SMILES string of the molecule is CCC(C[P+](=O)O)C(=O)Nc1ccc(C)cc1. The fourth-order valence-electron chi connectivity index (χ4n) is 1.47. The van der Waals surface area contributed by atoms with Crippen LogP contribution in [0, 0.1) is 12.8 Å². The van der Waals surface area contributed by atoms with Gasteiger partial charge in [0.25, 0.3) is 0 Å². The number of hydrogen-bond acceptors (Lipinski definition) is 2. The predicted octanol–water partition coefficient (Wildman–Crippen LogP) is 2.69. The number of rotatable bonds is 5. The fraction of sp³-hybridized carbons (Fsp3) is 0.417. The topological polar surface area (TPSA) is 66.4 Å². The number of nitrogens with one attached hydrogen (secondary N) is 1. The maximum Gasteiger partial charge on any atom is 0.506 e. The molecular weight excluding hydrogens is 237 g/mol. The van der Waals surface area contributed by atoms with Gasteiger partial charge in [-0.1, -0.05) is 24.6 Å². The Morgan fingerprint density at radius 3 is 2.47 bits per heavy atom. The summed E-state index contributed by atoms with van der Waals surface area (Å²) in [6.45, 7) is 3.80. The zero-order chi connectivity index (χ0) is 12.8. The second kappa shape index (κ2) is 6.48. The summed E-state index contributed by atoms with van der Waals surface area (Å²) in [5.74, 6) is -0.612. The van der Waals surface area contributed by atoms with Gasteiger partial charge in [0.1, 0.15) is 0 Å². The Morgan fingerprint density at radius 1 is 1.41 bits per heavy atom. The van der Waals surface area contributed by atoms with Crippen molar-refractivity contribution < 1.29 is 14.3 Å². The molecule has 17 heavy (non-hydrogen) atoms. The lowest BCUT2D eigenvalue weighted by atomic mass is 10.1. The molecule has 92 valence electrons. The van der Waals surface area contributed by atoms with Crippen molar-refractivity contribution in [1.82, 2.24) is 0 Å². The molecule has 0 aliphatic rings. The highest BCUT2D eigenvalue weighted by Crippen LogP contribution is 2.22. The first-order chi connectivity index (χ1) is 8.02. The van der Waals surface area contributed by atoms with Crippen LogP contribution in [0.15, 0.2) is 24.3 Å². The van der Waals surface area contributed by atoms with Crippen LogP contribution in [0.4, 0.5) is 5.69 Å². The Bertz CT molecular complexity index is 403. The summed E-state index contributed by atoms with van der Waals surface area (Å²) in [6, 6.07) is 7.45. The van der Waals surface area contributed by atoms with Gasteiger partial charge in [-0.15, -0.1) is 0 Å². The van der Waals surface area contributed by atoms with Crippen LogP contribution in [0.25, 0.3) is 0 Å². The number of amides is 1. The largest absolute Gasteiger partial charge is 0.506 e. The minimum Gasteiger partial charge on any atom is -0.326 e. The van der Waals surface area contributed by atoms with E-state index in [9.17, 15) is 9.36 Å². The Kier molecular flexibility index (Phi) is 5.26. The summed E-state index contributed by atoms with van der Waals surface area (Å²) in [5, 5.41) is 2.75. The summed E-state index contributed by atoms with van der Waals surface area (Å²) in [6.07, 6.45) is 0.572. The number of benzene rings is 1. The summed E-state index contributed by atoms with van der Waals surface area (Å²) in [7, 11) is -2.27. The van der Waals surface area contributed by atoms with E-state index >= 15 is 0 Å². The van der Waals surface area contributed by atoms with Crippen LogP contribution in [0.1, 0.15) is 18.9 Å². The van der Waals surface area contributed by atoms with Crippen molar-refractivity contribution in [3.05, 3.63) is 29.8 Å². The van der Waals surface area contributed by atoms with Crippen molar-refractivity contribution in [2.75, 3.05) is 11.5 Å². The van der Waals surface area contributed by atoms with E-state index < -0.39 is 13.9 Å². The van der Waals surface area contributed by atoms with E-state index in [0.29, 0.717) is 12.1 Å². The second-order valence-electron chi connectivity index (χ2n) is 4.00. The number of carbonyl (C=O) groups is 1. The number of anilines is 1. The summed E-state index contributed by atoms with van der Waals surface area (Å²) in [4.78, 5) is 20.6. The van der Waals surface area contributed by atoms with Gasteiger partial charge in [-0.3, -0.25) is 4.79 Å². The molecule has 0 aromatic heterocycles. The van der Waals surface area contributed by atoms with Gasteiger partial charge < -0.3 is 5.32 Å². The first-order valence-electron chi connectivity index (χ1n) is 5.54. The van der Waals surface area contributed by atoms with Gasteiger partial charge in [-0.25, -0.2) is 0 Å². The smallest absolute Gasteiger partial charge is 0.326 e. The maximum absolute atomic E-state index is 11.8. The molecule has 0 radical (unpaired) electrons. The normalized spacial score (nSPS) is 13.0. The van der Waals surface area contributed by atoms with Crippen molar-refractivity contribution in [2.24, 2.45) is 5.92 Å². The predicted molar refractivity (Wildman–Crippen MR) is 68.3 cm³/mol. The first-order valence-corrected chi connectivity index (χ1v) is 6.93. The van der Waals surface area contributed by atoms with E-state index in [0.717, 1.165) is 5.56 Å². The van der Waals surface area contributed by atoms with Crippen molar-refractivity contribution in [3.63, 3.8) is 0 Å². The molecule has 5 heteroatoms. The van der Waals surface area contributed by atoms with Gasteiger partial charge in [-0.2, -0.15) is 4.89 Å². The molecule has 1 amide bonds. The van der Waals surface area contributed by atoms with Gasteiger partial charge in [-0.05, 0) is 30.0 Å². The van der Waals surface area contributed by atoms with Gasteiger partial charge in [0.05, 0.1) is 5.92 Å². The van der Waals surface area contributed by atoms with Crippen LogP contribution < -0.4 is 5.32 Å². The second-order valence-corrected chi connectivity index (χ2v) is 5.06. The molecule has 2 atom stereocenters. The van der Waals surface area contributed by atoms with E-state index in [1.54, 1.807) is 0 Å². The van der Waals surface area contributed by atoms with Crippen LogP contribution in [-0.2, 0) is 9.36 Å². The van der Waals surface area contributed by atoms with Gasteiger partial charge in [0.15, 0.2) is 6.16 Å². The standard InChI is InChI=1S/C12H16NO3P/c1-3-10(8-17(15)16)12(14)13-11-6-4-9(2)5-7-11/h4-7,10H,3,8H2,1-2H3,(H-,13,14,15,16)/p+1. The highest BCUT2D eigenvalue weighted by Gasteiger charge is 2.26. The Balaban J connectivity index is 2.63. The number of carbonyl (C=O) groups excluding carboxylic acids is 1.